The number of ether oxygens (including phenoxy) is 1. The summed E-state index contributed by atoms with van der Waals surface area (Å²) in [5.41, 5.74) is 0.175. The first kappa shape index (κ1) is 17.5. The van der Waals surface area contributed by atoms with Crippen molar-refractivity contribution in [2.75, 3.05) is 32.8 Å². The van der Waals surface area contributed by atoms with Crippen molar-refractivity contribution in [3.63, 3.8) is 0 Å². The van der Waals surface area contributed by atoms with Gasteiger partial charge in [-0.25, -0.2) is 13.1 Å². The van der Waals surface area contributed by atoms with Crippen LogP contribution >= 0.6 is 11.6 Å². The average molecular weight is 377 g/mol. The number of aromatic nitrogens is 2. The summed E-state index contributed by atoms with van der Waals surface area (Å²) in [6.45, 7) is 5.76. The summed E-state index contributed by atoms with van der Waals surface area (Å²) in [5.74, 6) is 0.152. The van der Waals surface area contributed by atoms with Crippen LogP contribution < -0.4 is 4.74 Å². The van der Waals surface area contributed by atoms with Gasteiger partial charge in [0.25, 0.3) is 5.91 Å². The number of nitrogens with zero attached hydrogens (tertiary/aromatic N) is 4. The SMILES string of the molecule is CC(C)S(=O)(=O)N1CCN(C(=O)c2nn3c(c2Cl)OCCC3)CC1. The molecule has 1 aromatic rings. The maximum atomic E-state index is 12.7. The van der Waals surface area contributed by atoms with E-state index in [1.165, 1.54) is 4.31 Å². The molecular formula is C14H21ClN4O4S. The molecule has 1 aromatic heterocycles. The predicted octanol–water partition coefficient (Wildman–Crippen LogP) is 0.815. The number of piperazine rings is 1. The van der Waals surface area contributed by atoms with Crippen LogP contribution in [0.5, 0.6) is 5.88 Å². The van der Waals surface area contributed by atoms with Gasteiger partial charge in [0.2, 0.25) is 15.9 Å². The average Bonchev–Trinajstić information content (AvgIpc) is 2.91. The second-order valence-electron chi connectivity index (χ2n) is 6.18. The lowest BCUT2D eigenvalue weighted by atomic mass is 10.3. The normalized spacial score (nSPS) is 19.2. The zero-order chi connectivity index (χ0) is 17.5. The van der Waals surface area contributed by atoms with Gasteiger partial charge in [0.05, 0.1) is 11.9 Å². The zero-order valence-corrected chi connectivity index (χ0v) is 15.3. The lowest BCUT2D eigenvalue weighted by Crippen LogP contribution is -2.52. The maximum Gasteiger partial charge on any atom is 0.276 e. The number of halogens is 1. The van der Waals surface area contributed by atoms with E-state index in [2.05, 4.69) is 5.10 Å². The van der Waals surface area contributed by atoms with Gasteiger partial charge in [-0.3, -0.25) is 4.79 Å². The van der Waals surface area contributed by atoms with E-state index in [0.717, 1.165) is 6.42 Å². The van der Waals surface area contributed by atoms with Crippen molar-refractivity contribution in [3.8, 4) is 5.88 Å². The molecule has 0 aromatic carbocycles. The Bertz CT molecular complexity index is 738. The summed E-state index contributed by atoms with van der Waals surface area (Å²) in [5, 5.41) is 4.02. The first-order valence-corrected chi connectivity index (χ1v) is 9.88. The lowest BCUT2D eigenvalue weighted by molar-refractivity contribution is 0.0691. The summed E-state index contributed by atoms with van der Waals surface area (Å²) in [7, 11) is -3.29. The molecule has 10 heteroatoms. The quantitative estimate of drug-likeness (QED) is 0.779. The molecule has 0 spiro atoms. The summed E-state index contributed by atoms with van der Waals surface area (Å²) in [6.07, 6.45) is 0.824. The van der Waals surface area contributed by atoms with Crippen LogP contribution in [-0.4, -0.2) is 71.3 Å². The van der Waals surface area contributed by atoms with E-state index < -0.39 is 15.3 Å². The second kappa shape index (κ2) is 6.53. The highest BCUT2D eigenvalue weighted by atomic mass is 35.5. The number of fused-ring (bicyclic) bond motifs is 1. The molecule has 3 heterocycles. The smallest absolute Gasteiger partial charge is 0.276 e. The first-order chi connectivity index (χ1) is 11.3. The van der Waals surface area contributed by atoms with Gasteiger partial charge < -0.3 is 9.64 Å². The molecule has 0 aliphatic carbocycles. The van der Waals surface area contributed by atoms with Gasteiger partial charge in [0.1, 0.15) is 5.02 Å². The molecule has 2 aliphatic heterocycles. The van der Waals surface area contributed by atoms with Crippen molar-refractivity contribution in [2.24, 2.45) is 0 Å². The number of carbonyl (C=O) groups is 1. The lowest BCUT2D eigenvalue weighted by Gasteiger charge is -2.34. The van der Waals surface area contributed by atoms with Crippen molar-refractivity contribution in [1.29, 1.82) is 0 Å². The molecule has 1 amide bonds. The van der Waals surface area contributed by atoms with Crippen LogP contribution in [0, 0.1) is 0 Å². The molecule has 0 radical (unpaired) electrons. The largest absolute Gasteiger partial charge is 0.477 e. The molecule has 134 valence electrons. The van der Waals surface area contributed by atoms with Crippen molar-refractivity contribution in [3.05, 3.63) is 10.7 Å². The summed E-state index contributed by atoms with van der Waals surface area (Å²) in [4.78, 5) is 14.3. The monoisotopic (exact) mass is 376 g/mol. The minimum absolute atomic E-state index is 0.175. The standard InChI is InChI=1S/C14H21ClN4O4S/c1-10(2)24(21,22)18-7-5-17(6-8-18)13(20)12-11(15)14-19(16-12)4-3-9-23-14/h10H,3-9H2,1-2H3. The molecule has 3 rings (SSSR count). The minimum atomic E-state index is -3.29. The fourth-order valence-corrected chi connectivity index (χ4v) is 4.37. The molecule has 1 saturated heterocycles. The van der Waals surface area contributed by atoms with Crippen LogP contribution in [0.25, 0.3) is 0 Å². The Labute approximate surface area is 146 Å². The Morgan fingerprint density at radius 1 is 1.21 bits per heavy atom. The number of hydrogen-bond donors (Lipinski definition) is 0. The molecule has 0 unspecified atom stereocenters. The van der Waals surface area contributed by atoms with Crippen LogP contribution in [0.1, 0.15) is 30.8 Å². The molecule has 1 fully saturated rings. The number of carbonyl (C=O) groups excluding carboxylic acids is 1. The van der Waals surface area contributed by atoms with Crippen molar-refractivity contribution < 1.29 is 17.9 Å². The fourth-order valence-electron chi connectivity index (χ4n) is 2.83. The first-order valence-electron chi connectivity index (χ1n) is 7.99. The highest BCUT2D eigenvalue weighted by Crippen LogP contribution is 2.31. The van der Waals surface area contributed by atoms with E-state index in [0.29, 0.717) is 32.1 Å². The number of hydrogen-bond acceptors (Lipinski definition) is 5. The third-order valence-corrected chi connectivity index (χ3v) is 6.90. The van der Waals surface area contributed by atoms with Gasteiger partial charge in [-0.05, 0) is 13.8 Å². The summed E-state index contributed by atoms with van der Waals surface area (Å²) >= 11 is 6.24. The highest BCUT2D eigenvalue weighted by molar-refractivity contribution is 7.89. The van der Waals surface area contributed by atoms with Gasteiger partial charge >= 0.3 is 0 Å². The van der Waals surface area contributed by atoms with Crippen LogP contribution in [0.4, 0.5) is 0 Å². The Hall–Kier alpha value is -1.32. The topological polar surface area (TPSA) is 84.7 Å². The van der Waals surface area contributed by atoms with E-state index in [4.69, 9.17) is 16.3 Å². The van der Waals surface area contributed by atoms with E-state index in [1.807, 2.05) is 0 Å². The Morgan fingerprint density at radius 2 is 1.88 bits per heavy atom. The molecule has 24 heavy (non-hydrogen) atoms. The Kier molecular flexibility index (Phi) is 4.76. The van der Waals surface area contributed by atoms with Crippen molar-refractivity contribution in [2.45, 2.75) is 32.1 Å². The summed E-state index contributed by atoms with van der Waals surface area (Å²) < 4.78 is 32.9. The molecule has 0 bridgehead atoms. The second-order valence-corrected chi connectivity index (χ2v) is 9.04. The van der Waals surface area contributed by atoms with Crippen molar-refractivity contribution >= 4 is 27.5 Å². The van der Waals surface area contributed by atoms with Crippen molar-refractivity contribution in [1.82, 2.24) is 19.0 Å². The molecule has 2 aliphatic rings. The predicted molar refractivity (Wildman–Crippen MR) is 88.9 cm³/mol. The minimum Gasteiger partial charge on any atom is -0.477 e. The third-order valence-electron chi connectivity index (χ3n) is 4.29. The van der Waals surface area contributed by atoms with E-state index in [-0.39, 0.29) is 29.7 Å². The molecule has 0 saturated carbocycles. The number of amides is 1. The molecular weight excluding hydrogens is 356 g/mol. The third kappa shape index (κ3) is 3.00. The van der Waals surface area contributed by atoms with Gasteiger partial charge in [-0.1, -0.05) is 11.6 Å². The van der Waals surface area contributed by atoms with E-state index >= 15 is 0 Å². The van der Waals surface area contributed by atoms with Crippen LogP contribution in [-0.2, 0) is 16.6 Å². The molecule has 8 nitrogen and oxygen atoms in total. The van der Waals surface area contributed by atoms with Crippen LogP contribution in [0.2, 0.25) is 5.02 Å². The highest BCUT2D eigenvalue weighted by Gasteiger charge is 2.33. The zero-order valence-electron chi connectivity index (χ0n) is 13.7. The number of aryl methyl sites for hydroxylation is 1. The van der Waals surface area contributed by atoms with Gasteiger partial charge in [0, 0.05) is 39.1 Å². The summed E-state index contributed by atoms with van der Waals surface area (Å²) in [6, 6.07) is 0. The fraction of sp³-hybridized carbons (Fsp3) is 0.714. The maximum absolute atomic E-state index is 12.7. The van der Waals surface area contributed by atoms with Gasteiger partial charge in [0.15, 0.2) is 5.69 Å². The Balaban J connectivity index is 1.71. The van der Waals surface area contributed by atoms with E-state index in [9.17, 15) is 13.2 Å². The van der Waals surface area contributed by atoms with Gasteiger partial charge in [-0.2, -0.15) is 9.40 Å². The number of sulfonamides is 1. The number of rotatable bonds is 3. The van der Waals surface area contributed by atoms with E-state index in [1.54, 1.807) is 23.4 Å². The van der Waals surface area contributed by atoms with Gasteiger partial charge in [-0.15, -0.1) is 0 Å². The molecule has 0 atom stereocenters. The molecule has 0 N–H and O–H groups in total. The van der Waals surface area contributed by atoms with Crippen LogP contribution in [0.15, 0.2) is 0 Å². The van der Waals surface area contributed by atoms with Crippen LogP contribution in [0.3, 0.4) is 0 Å². The Morgan fingerprint density at radius 3 is 2.46 bits per heavy atom.